The van der Waals surface area contributed by atoms with Crippen LogP contribution in [0.15, 0.2) is 18.2 Å². The van der Waals surface area contributed by atoms with Gasteiger partial charge in [0.05, 0.1) is 19.3 Å². The maximum absolute atomic E-state index is 12.5. The number of piperidine rings is 1. The number of hydrogen-bond donors (Lipinski definition) is 2. The average Bonchev–Trinajstić information content (AvgIpc) is 2.47. The monoisotopic (exact) mass is 278 g/mol. The molecule has 1 aromatic rings. The molecule has 1 aliphatic heterocycles. The largest absolute Gasteiger partial charge is 0.399 e. The number of nitrogens with zero attached hydrogens (tertiary/aromatic N) is 1. The molecular weight excluding hydrogens is 256 g/mol. The summed E-state index contributed by atoms with van der Waals surface area (Å²) in [6, 6.07) is 5.42. The van der Waals surface area contributed by atoms with E-state index in [9.17, 15) is 4.79 Å². The maximum atomic E-state index is 12.5. The zero-order valence-corrected chi connectivity index (χ0v) is 11.8. The predicted molar refractivity (Wildman–Crippen MR) is 77.6 cm³/mol. The fraction of sp³-hybridized carbons (Fsp3) is 0.533. The number of nitrogen functional groups attached to an aromatic ring is 1. The van der Waals surface area contributed by atoms with Gasteiger partial charge >= 0.3 is 0 Å². The smallest absolute Gasteiger partial charge is 0.254 e. The maximum Gasteiger partial charge on any atom is 0.254 e. The van der Waals surface area contributed by atoms with Gasteiger partial charge in [-0.1, -0.05) is 6.07 Å². The Hall–Kier alpha value is -1.59. The molecule has 0 bridgehead atoms. The van der Waals surface area contributed by atoms with Gasteiger partial charge in [-0.05, 0) is 37.5 Å². The lowest BCUT2D eigenvalue weighted by Crippen LogP contribution is -2.41. The van der Waals surface area contributed by atoms with Crippen molar-refractivity contribution >= 4 is 11.6 Å². The number of anilines is 1. The van der Waals surface area contributed by atoms with Crippen LogP contribution in [0, 0.1) is 6.92 Å². The molecule has 5 nitrogen and oxygen atoms in total. The van der Waals surface area contributed by atoms with Crippen molar-refractivity contribution in [3.63, 3.8) is 0 Å². The van der Waals surface area contributed by atoms with Gasteiger partial charge in [0.15, 0.2) is 0 Å². The molecule has 1 aromatic carbocycles. The molecule has 0 atom stereocenters. The number of aliphatic hydroxyl groups excluding tert-OH is 1. The number of benzene rings is 1. The van der Waals surface area contributed by atoms with E-state index in [0.29, 0.717) is 30.9 Å². The molecule has 0 spiro atoms. The van der Waals surface area contributed by atoms with Crippen LogP contribution < -0.4 is 5.73 Å². The van der Waals surface area contributed by atoms with Gasteiger partial charge in [0.1, 0.15) is 0 Å². The number of amides is 1. The van der Waals surface area contributed by atoms with Gasteiger partial charge in [-0.2, -0.15) is 0 Å². The van der Waals surface area contributed by atoms with Crippen LogP contribution in [0.25, 0.3) is 0 Å². The number of carbonyl (C=O) groups is 1. The molecule has 3 N–H and O–H groups in total. The summed E-state index contributed by atoms with van der Waals surface area (Å²) >= 11 is 0. The Balaban J connectivity index is 1.96. The number of likely N-dealkylation sites (tertiary alicyclic amines) is 1. The number of hydrogen-bond acceptors (Lipinski definition) is 4. The molecule has 1 heterocycles. The van der Waals surface area contributed by atoms with Crippen molar-refractivity contribution in [2.45, 2.75) is 25.9 Å². The molecule has 0 aliphatic carbocycles. The Kier molecular flexibility index (Phi) is 4.98. The first-order valence-electron chi connectivity index (χ1n) is 6.99. The van der Waals surface area contributed by atoms with Crippen molar-refractivity contribution in [2.75, 3.05) is 32.0 Å². The number of rotatable bonds is 4. The molecule has 0 radical (unpaired) electrons. The quantitative estimate of drug-likeness (QED) is 0.811. The van der Waals surface area contributed by atoms with E-state index in [4.69, 9.17) is 15.6 Å². The van der Waals surface area contributed by atoms with E-state index in [0.717, 1.165) is 18.4 Å². The summed E-state index contributed by atoms with van der Waals surface area (Å²) in [7, 11) is 0. The minimum atomic E-state index is 0.0374. The summed E-state index contributed by atoms with van der Waals surface area (Å²) in [5.74, 6) is 0.0374. The minimum Gasteiger partial charge on any atom is -0.399 e. The lowest BCUT2D eigenvalue weighted by molar-refractivity contribution is -0.00555. The lowest BCUT2D eigenvalue weighted by Gasteiger charge is -2.32. The van der Waals surface area contributed by atoms with Crippen molar-refractivity contribution in [3.8, 4) is 0 Å². The highest BCUT2D eigenvalue weighted by Gasteiger charge is 2.24. The van der Waals surface area contributed by atoms with Crippen LogP contribution in [0.2, 0.25) is 0 Å². The molecule has 2 rings (SSSR count). The van der Waals surface area contributed by atoms with Crippen molar-refractivity contribution in [1.82, 2.24) is 4.90 Å². The SMILES string of the molecule is Cc1ccc(N)cc1C(=O)N1CCC(OCCO)CC1. The third kappa shape index (κ3) is 3.49. The van der Waals surface area contributed by atoms with E-state index < -0.39 is 0 Å². The van der Waals surface area contributed by atoms with Crippen LogP contribution in [0.4, 0.5) is 5.69 Å². The average molecular weight is 278 g/mol. The van der Waals surface area contributed by atoms with Crippen LogP contribution in [-0.2, 0) is 4.74 Å². The van der Waals surface area contributed by atoms with Gasteiger partial charge in [0, 0.05) is 24.3 Å². The number of carbonyl (C=O) groups excluding carboxylic acids is 1. The van der Waals surface area contributed by atoms with E-state index in [-0.39, 0.29) is 18.6 Å². The highest BCUT2D eigenvalue weighted by atomic mass is 16.5. The molecule has 0 aromatic heterocycles. The molecule has 20 heavy (non-hydrogen) atoms. The van der Waals surface area contributed by atoms with Crippen LogP contribution in [0.3, 0.4) is 0 Å². The molecule has 1 saturated heterocycles. The Morgan fingerprint density at radius 2 is 2.15 bits per heavy atom. The Morgan fingerprint density at radius 1 is 1.45 bits per heavy atom. The van der Waals surface area contributed by atoms with Crippen molar-refractivity contribution < 1.29 is 14.6 Å². The summed E-state index contributed by atoms with van der Waals surface area (Å²) in [5, 5.41) is 8.74. The molecule has 0 unspecified atom stereocenters. The first-order valence-corrected chi connectivity index (χ1v) is 6.99. The van der Waals surface area contributed by atoms with E-state index in [2.05, 4.69) is 0 Å². The van der Waals surface area contributed by atoms with Gasteiger partial charge in [-0.25, -0.2) is 0 Å². The number of nitrogens with two attached hydrogens (primary N) is 1. The Morgan fingerprint density at radius 3 is 2.80 bits per heavy atom. The summed E-state index contributed by atoms with van der Waals surface area (Å²) in [4.78, 5) is 14.3. The van der Waals surface area contributed by atoms with Crippen LogP contribution in [0.1, 0.15) is 28.8 Å². The first kappa shape index (κ1) is 14.8. The molecule has 1 amide bonds. The second-order valence-corrected chi connectivity index (χ2v) is 5.16. The number of aliphatic hydroxyl groups is 1. The van der Waals surface area contributed by atoms with Gasteiger partial charge < -0.3 is 20.5 Å². The van der Waals surface area contributed by atoms with E-state index in [1.54, 1.807) is 12.1 Å². The topological polar surface area (TPSA) is 75.8 Å². The first-order chi connectivity index (χ1) is 9.61. The molecule has 5 heteroatoms. The van der Waals surface area contributed by atoms with E-state index in [1.807, 2.05) is 17.9 Å². The second kappa shape index (κ2) is 6.72. The van der Waals surface area contributed by atoms with Crippen molar-refractivity contribution in [2.24, 2.45) is 0 Å². The molecule has 0 saturated carbocycles. The zero-order chi connectivity index (χ0) is 14.5. The highest BCUT2D eigenvalue weighted by Crippen LogP contribution is 2.19. The summed E-state index contributed by atoms with van der Waals surface area (Å²) < 4.78 is 5.50. The van der Waals surface area contributed by atoms with E-state index in [1.165, 1.54) is 0 Å². The molecular formula is C15H22N2O3. The fourth-order valence-electron chi connectivity index (χ4n) is 2.49. The fourth-order valence-corrected chi connectivity index (χ4v) is 2.49. The van der Waals surface area contributed by atoms with Crippen molar-refractivity contribution in [1.29, 1.82) is 0 Å². The van der Waals surface area contributed by atoms with Gasteiger partial charge in [-0.3, -0.25) is 4.79 Å². The van der Waals surface area contributed by atoms with Crippen LogP contribution >= 0.6 is 0 Å². The van der Waals surface area contributed by atoms with Gasteiger partial charge in [0.25, 0.3) is 5.91 Å². The minimum absolute atomic E-state index is 0.0374. The lowest BCUT2D eigenvalue weighted by atomic mass is 10.0. The number of ether oxygens (including phenoxy) is 1. The third-order valence-corrected chi connectivity index (χ3v) is 3.67. The standard InChI is InChI=1S/C15H22N2O3/c1-11-2-3-12(16)10-14(11)15(19)17-6-4-13(5-7-17)20-9-8-18/h2-3,10,13,18H,4-9,16H2,1H3. The molecule has 1 aliphatic rings. The molecule has 1 fully saturated rings. The summed E-state index contributed by atoms with van der Waals surface area (Å²) in [5.41, 5.74) is 8.00. The summed E-state index contributed by atoms with van der Waals surface area (Å²) in [6.07, 6.45) is 1.77. The predicted octanol–water partition coefficient (Wildman–Crippen LogP) is 1.19. The van der Waals surface area contributed by atoms with Gasteiger partial charge in [-0.15, -0.1) is 0 Å². The number of aryl methyl sites for hydroxylation is 1. The van der Waals surface area contributed by atoms with E-state index >= 15 is 0 Å². The Labute approximate surface area is 119 Å². The third-order valence-electron chi connectivity index (χ3n) is 3.67. The normalized spacial score (nSPS) is 16.4. The second-order valence-electron chi connectivity index (χ2n) is 5.16. The zero-order valence-electron chi connectivity index (χ0n) is 11.8. The van der Waals surface area contributed by atoms with Crippen LogP contribution in [0.5, 0.6) is 0 Å². The summed E-state index contributed by atoms with van der Waals surface area (Å²) in [6.45, 7) is 3.70. The van der Waals surface area contributed by atoms with Crippen LogP contribution in [-0.4, -0.2) is 48.3 Å². The van der Waals surface area contributed by atoms with Gasteiger partial charge in [0.2, 0.25) is 0 Å². The highest BCUT2D eigenvalue weighted by molar-refractivity contribution is 5.96. The van der Waals surface area contributed by atoms with Crippen molar-refractivity contribution in [3.05, 3.63) is 29.3 Å². The molecule has 110 valence electrons. The Bertz CT molecular complexity index is 468.